The Balaban J connectivity index is 1.68. The van der Waals surface area contributed by atoms with Gasteiger partial charge in [-0.2, -0.15) is 0 Å². The molecule has 1 N–H and O–H groups in total. The molecule has 3 heteroatoms. The van der Waals surface area contributed by atoms with Gasteiger partial charge in [0.25, 0.3) is 0 Å². The van der Waals surface area contributed by atoms with Gasteiger partial charge in [-0.05, 0) is 71.6 Å². The Morgan fingerprint density at radius 2 is 1.85 bits per heavy atom. The van der Waals surface area contributed by atoms with Crippen LogP contribution in [0.15, 0.2) is 16.6 Å². The van der Waals surface area contributed by atoms with Gasteiger partial charge in [-0.15, -0.1) is 0 Å². The first kappa shape index (κ1) is 14.4. The molecular weight excluding hydrogens is 317 g/mol. The number of halogens is 2. The molecule has 1 nitrogen and oxygen atoms in total. The molecular formula is C17H23BrFN. The van der Waals surface area contributed by atoms with Crippen molar-refractivity contribution in [1.82, 2.24) is 0 Å². The average Bonchev–Trinajstić information content (AvgIpc) is 2.44. The lowest BCUT2D eigenvalue weighted by Gasteiger charge is -2.40. The van der Waals surface area contributed by atoms with Crippen LogP contribution in [-0.2, 0) is 0 Å². The summed E-state index contributed by atoms with van der Waals surface area (Å²) in [4.78, 5) is 0. The standard InChI is InChI=1S/C17H23BrFN/c1-11-8-15(18)16(19)10-17(11)20-14-7-6-12-4-2-3-5-13(12)9-14/h8,10,12-14,20H,2-7,9H2,1H3. The van der Waals surface area contributed by atoms with E-state index in [0.29, 0.717) is 10.5 Å². The predicted molar refractivity (Wildman–Crippen MR) is 85.5 cm³/mol. The van der Waals surface area contributed by atoms with Gasteiger partial charge in [-0.3, -0.25) is 0 Å². The van der Waals surface area contributed by atoms with Crippen molar-refractivity contribution in [2.24, 2.45) is 11.8 Å². The van der Waals surface area contributed by atoms with Crippen molar-refractivity contribution in [3.05, 3.63) is 28.0 Å². The van der Waals surface area contributed by atoms with Gasteiger partial charge in [0.1, 0.15) is 5.82 Å². The van der Waals surface area contributed by atoms with Crippen LogP contribution in [0.5, 0.6) is 0 Å². The van der Waals surface area contributed by atoms with Crippen molar-refractivity contribution < 1.29 is 4.39 Å². The summed E-state index contributed by atoms with van der Waals surface area (Å²) in [6.07, 6.45) is 9.51. The maximum Gasteiger partial charge on any atom is 0.139 e. The Bertz CT molecular complexity index is 488. The molecule has 3 rings (SSSR count). The van der Waals surface area contributed by atoms with E-state index >= 15 is 0 Å². The van der Waals surface area contributed by atoms with Crippen LogP contribution >= 0.6 is 15.9 Å². The highest BCUT2D eigenvalue weighted by molar-refractivity contribution is 9.10. The number of nitrogens with one attached hydrogen (secondary N) is 1. The molecule has 0 aliphatic heterocycles. The zero-order valence-electron chi connectivity index (χ0n) is 12.1. The van der Waals surface area contributed by atoms with Gasteiger partial charge in [0.2, 0.25) is 0 Å². The number of benzene rings is 1. The minimum Gasteiger partial charge on any atom is -0.382 e. The Kier molecular flexibility index (Phi) is 4.34. The Morgan fingerprint density at radius 3 is 2.65 bits per heavy atom. The summed E-state index contributed by atoms with van der Waals surface area (Å²) in [6.45, 7) is 2.04. The van der Waals surface area contributed by atoms with Gasteiger partial charge in [0, 0.05) is 11.7 Å². The van der Waals surface area contributed by atoms with Crippen molar-refractivity contribution in [3.8, 4) is 0 Å². The van der Waals surface area contributed by atoms with E-state index in [-0.39, 0.29) is 5.82 Å². The zero-order valence-corrected chi connectivity index (χ0v) is 13.7. The summed E-state index contributed by atoms with van der Waals surface area (Å²) in [5.41, 5.74) is 2.08. The van der Waals surface area contributed by atoms with Crippen LogP contribution in [0.3, 0.4) is 0 Å². The van der Waals surface area contributed by atoms with Crippen LogP contribution < -0.4 is 5.32 Å². The quantitative estimate of drug-likeness (QED) is 0.732. The number of hydrogen-bond donors (Lipinski definition) is 1. The molecule has 0 spiro atoms. The second-order valence-electron chi connectivity index (χ2n) is 6.54. The van der Waals surface area contributed by atoms with E-state index in [2.05, 4.69) is 21.2 Å². The monoisotopic (exact) mass is 339 g/mol. The average molecular weight is 340 g/mol. The molecule has 2 saturated carbocycles. The lowest BCUT2D eigenvalue weighted by Crippen LogP contribution is -2.34. The van der Waals surface area contributed by atoms with Gasteiger partial charge < -0.3 is 5.32 Å². The summed E-state index contributed by atoms with van der Waals surface area (Å²) in [5.74, 6) is 1.68. The van der Waals surface area contributed by atoms with E-state index in [9.17, 15) is 4.39 Å². The highest BCUT2D eigenvalue weighted by Crippen LogP contribution is 2.41. The van der Waals surface area contributed by atoms with Crippen molar-refractivity contribution in [2.45, 2.75) is 57.9 Å². The Hall–Kier alpha value is -0.570. The van der Waals surface area contributed by atoms with Crippen molar-refractivity contribution >= 4 is 21.6 Å². The normalized spacial score (nSPS) is 29.9. The largest absolute Gasteiger partial charge is 0.382 e. The molecule has 1 aromatic rings. The van der Waals surface area contributed by atoms with Crippen molar-refractivity contribution in [2.75, 3.05) is 5.32 Å². The van der Waals surface area contributed by atoms with Gasteiger partial charge in [-0.1, -0.05) is 25.7 Å². The number of aryl methyl sites for hydroxylation is 1. The van der Waals surface area contributed by atoms with Gasteiger partial charge in [0.15, 0.2) is 0 Å². The van der Waals surface area contributed by atoms with Crippen LogP contribution in [0.2, 0.25) is 0 Å². The van der Waals surface area contributed by atoms with Gasteiger partial charge in [0.05, 0.1) is 4.47 Å². The second-order valence-corrected chi connectivity index (χ2v) is 7.39. The third-order valence-electron chi connectivity index (χ3n) is 5.17. The molecule has 3 atom stereocenters. The molecule has 110 valence electrons. The molecule has 2 aliphatic rings. The second kappa shape index (κ2) is 6.05. The van der Waals surface area contributed by atoms with E-state index < -0.39 is 0 Å². The third-order valence-corrected chi connectivity index (χ3v) is 5.77. The molecule has 0 amide bonds. The van der Waals surface area contributed by atoms with E-state index in [0.717, 1.165) is 23.1 Å². The lowest BCUT2D eigenvalue weighted by atomic mass is 9.69. The molecule has 0 radical (unpaired) electrons. The minimum absolute atomic E-state index is 0.176. The number of anilines is 1. The molecule has 0 heterocycles. The summed E-state index contributed by atoms with van der Waals surface area (Å²) < 4.78 is 14.2. The van der Waals surface area contributed by atoms with Gasteiger partial charge in [-0.25, -0.2) is 4.39 Å². The number of rotatable bonds is 2. The molecule has 2 fully saturated rings. The predicted octanol–water partition coefficient (Wildman–Crippen LogP) is 5.67. The first-order valence-corrected chi connectivity index (χ1v) is 8.65. The number of hydrogen-bond acceptors (Lipinski definition) is 1. The molecule has 3 unspecified atom stereocenters. The smallest absolute Gasteiger partial charge is 0.139 e. The van der Waals surface area contributed by atoms with E-state index in [1.807, 2.05) is 13.0 Å². The third kappa shape index (κ3) is 3.03. The SMILES string of the molecule is Cc1cc(Br)c(F)cc1NC1CCC2CCCCC2C1. The summed E-state index contributed by atoms with van der Waals surface area (Å²) >= 11 is 3.25. The van der Waals surface area contributed by atoms with Crippen LogP contribution in [0, 0.1) is 24.6 Å². The van der Waals surface area contributed by atoms with E-state index in [1.165, 1.54) is 44.9 Å². The number of fused-ring (bicyclic) bond motifs is 1. The van der Waals surface area contributed by atoms with Crippen LogP contribution in [0.4, 0.5) is 10.1 Å². The first-order chi connectivity index (χ1) is 9.63. The van der Waals surface area contributed by atoms with Gasteiger partial charge >= 0.3 is 0 Å². The van der Waals surface area contributed by atoms with Crippen LogP contribution in [0.25, 0.3) is 0 Å². The van der Waals surface area contributed by atoms with E-state index in [4.69, 9.17) is 0 Å². The topological polar surface area (TPSA) is 12.0 Å². The summed E-state index contributed by atoms with van der Waals surface area (Å²) in [6, 6.07) is 4.02. The molecule has 0 aromatic heterocycles. The maximum atomic E-state index is 13.7. The molecule has 0 saturated heterocycles. The fourth-order valence-corrected chi connectivity index (χ4v) is 4.48. The van der Waals surface area contributed by atoms with Crippen molar-refractivity contribution in [1.29, 1.82) is 0 Å². The van der Waals surface area contributed by atoms with Crippen LogP contribution in [-0.4, -0.2) is 6.04 Å². The van der Waals surface area contributed by atoms with Crippen LogP contribution in [0.1, 0.15) is 50.5 Å². The first-order valence-electron chi connectivity index (χ1n) is 7.85. The molecule has 2 aliphatic carbocycles. The van der Waals surface area contributed by atoms with Crippen molar-refractivity contribution in [3.63, 3.8) is 0 Å². The molecule has 1 aromatic carbocycles. The summed E-state index contributed by atoms with van der Waals surface area (Å²) in [5, 5.41) is 3.59. The lowest BCUT2D eigenvalue weighted by molar-refractivity contribution is 0.162. The fourth-order valence-electron chi connectivity index (χ4n) is 4.03. The molecule has 0 bridgehead atoms. The highest BCUT2D eigenvalue weighted by atomic mass is 79.9. The zero-order chi connectivity index (χ0) is 14.1. The highest BCUT2D eigenvalue weighted by Gasteiger charge is 2.32. The maximum absolute atomic E-state index is 13.7. The molecule has 20 heavy (non-hydrogen) atoms. The Morgan fingerprint density at radius 1 is 1.10 bits per heavy atom. The fraction of sp³-hybridized carbons (Fsp3) is 0.647. The minimum atomic E-state index is -0.176. The van der Waals surface area contributed by atoms with E-state index in [1.54, 1.807) is 6.07 Å². The summed E-state index contributed by atoms with van der Waals surface area (Å²) in [7, 11) is 0. The Labute approximate surface area is 129 Å².